The molecule has 4 atom stereocenters. The Kier molecular flexibility index (Phi) is 9.48. The molecule has 0 aliphatic carbocycles. The molecule has 2 aromatic rings. The standard InChI is InChI=1S/C29H36O8/c1-18-16-19(2)25(27(31)32)24(17-18)34-15-14-23-26(37-29(4,5)36-23)22(13-9-10-20(3)30)35-28(33)21-11-7-6-8-12-21/h6-9,11-13,16-17,20,22-23,26,30H,10,14-15H2,1-5H3,(H,31,32)/b13-9-/t20-,22?,23+,26-/m1/s1. The largest absolute Gasteiger partial charge is 0.493 e. The second-order valence-electron chi connectivity index (χ2n) is 9.78. The van der Waals surface area contributed by atoms with Crippen molar-refractivity contribution < 1.29 is 38.7 Å². The van der Waals surface area contributed by atoms with E-state index in [0.29, 0.717) is 29.7 Å². The van der Waals surface area contributed by atoms with E-state index in [2.05, 4.69) is 0 Å². The monoisotopic (exact) mass is 512 g/mol. The molecule has 0 bridgehead atoms. The second-order valence-corrected chi connectivity index (χ2v) is 9.78. The van der Waals surface area contributed by atoms with Gasteiger partial charge >= 0.3 is 11.9 Å². The van der Waals surface area contributed by atoms with Gasteiger partial charge in [-0.1, -0.05) is 30.3 Å². The molecule has 1 aliphatic rings. The number of aliphatic hydroxyl groups is 1. The summed E-state index contributed by atoms with van der Waals surface area (Å²) < 4.78 is 24.0. The Bertz CT molecular complexity index is 1110. The Balaban J connectivity index is 1.78. The van der Waals surface area contributed by atoms with Gasteiger partial charge < -0.3 is 29.2 Å². The second kappa shape index (κ2) is 12.4. The lowest BCUT2D eigenvalue weighted by Crippen LogP contribution is -2.38. The molecule has 2 N–H and O–H groups in total. The van der Waals surface area contributed by atoms with E-state index in [4.69, 9.17) is 18.9 Å². The van der Waals surface area contributed by atoms with Gasteiger partial charge in [-0.15, -0.1) is 0 Å². The molecular weight excluding hydrogens is 476 g/mol. The Labute approximate surface area is 217 Å². The number of hydrogen-bond donors (Lipinski definition) is 2. The predicted octanol–water partition coefficient (Wildman–Crippen LogP) is 4.84. The number of esters is 1. The zero-order valence-electron chi connectivity index (χ0n) is 22.0. The third-order valence-electron chi connectivity index (χ3n) is 5.92. The fourth-order valence-electron chi connectivity index (χ4n) is 4.36. The van der Waals surface area contributed by atoms with Crippen LogP contribution in [0.1, 0.15) is 65.5 Å². The fraction of sp³-hybridized carbons (Fsp3) is 0.448. The van der Waals surface area contributed by atoms with Gasteiger partial charge in [-0.25, -0.2) is 9.59 Å². The van der Waals surface area contributed by atoms with Crippen molar-refractivity contribution in [1.82, 2.24) is 0 Å². The van der Waals surface area contributed by atoms with E-state index in [1.807, 2.05) is 13.0 Å². The summed E-state index contributed by atoms with van der Waals surface area (Å²) in [6.45, 7) is 9.02. The van der Waals surface area contributed by atoms with Crippen LogP contribution in [0.15, 0.2) is 54.6 Å². The highest BCUT2D eigenvalue weighted by Gasteiger charge is 2.45. The van der Waals surface area contributed by atoms with Crippen LogP contribution in [-0.2, 0) is 14.2 Å². The number of carboxylic acids is 1. The van der Waals surface area contributed by atoms with Crippen molar-refractivity contribution in [3.63, 3.8) is 0 Å². The number of carbonyl (C=O) groups excluding carboxylic acids is 1. The lowest BCUT2D eigenvalue weighted by Gasteiger charge is -2.25. The van der Waals surface area contributed by atoms with Gasteiger partial charge in [0.15, 0.2) is 5.79 Å². The van der Waals surface area contributed by atoms with E-state index in [-0.39, 0.29) is 12.2 Å². The molecule has 2 aromatic carbocycles. The summed E-state index contributed by atoms with van der Waals surface area (Å²) >= 11 is 0. The van der Waals surface area contributed by atoms with Crippen LogP contribution in [0.2, 0.25) is 0 Å². The lowest BCUT2D eigenvalue weighted by atomic mass is 10.0. The molecule has 200 valence electrons. The van der Waals surface area contributed by atoms with Crippen molar-refractivity contribution in [3.8, 4) is 5.75 Å². The van der Waals surface area contributed by atoms with E-state index in [9.17, 15) is 19.8 Å². The molecule has 1 fully saturated rings. The predicted molar refractivity (Wildman–Crippen MR) is 138 cm³/mol. The zero-order valence-corrected chi connectivity index (χ0v) is 22.0. The van der Waals surface area contributed by atoms with Gasteiger partial charge in [-0.3, -0.25) is 0 Å². The molecule has 1 aliphatic heterocycles. The molecular formula is C29H36O8. The quantitative estimate of drug-likeness (QED) is 0.325. The molecule has 8 heteroatoms. The minimum Gasteiger partial charge on any atom is -0.493 e. The molecule has 1 unspecified atom stereocenters. The highest BCUT2D eigenvalue weighted by atomic mass is 16.8. The number of aryl methyl sites for hydroxylation is 2. The van der Waals surface area contributed by atoms with Crippen molar-refractivity contribution in [3.05, 3.63) is 76.9 Å². The maximum absolute atomic E-state index is 12.9. The van der Waals surface area contributed by atoms with Gasteiger partial charge in [0.2, 0.25) is 0 Å². The molecule has 0 radical (unpaired) electrons. The first-order valence-electron chi connectivity index (χ1n) is 12.4. The van der Waals surface area contributed by atoms with Crippen molar-refractivity contribution >= 4 is 11.9 Å². The molecule has 8 nitrogen and oxygen atoms in total. The van der Waals surface area contributed by atoms with E-state index in [1.165, 1.54) is 0 Å². The first kappa shape index (κ1) is 28.4. The minimum atomic E-state index is -1.05. The maximum atomic E-state index is 12.9. The SMILES string of the molecule is Cc1cc(C)c(C(=O)O)c(OCC[C@@H]2OC(C)(C)O[C@@H]2C(/C=C\C[C@@H](C)O)OC(=O)c2ccccc2)c1. The summed E-state index contributed by atoms with van der Waals surface area (Å²) in [5.74, 6) is -2.19. The number of rotatable bonds is 11. The van der Waals surface area contributed by atoms with E-state index in [0.717, 1.165) is 5.56 Å². The molecule has 0 saturated carbocycles. The normalized spacial score (nSPS) is 20.5. The summed E-state index contributed by atoms with van der Waals surface area (Å²) in [6, 6.07) is 12.2. The van der Waals surface area contributed by atoms with Gasteiger partial charge in [0.25, 0.3) is 0 Å². The molecule has 0 spiro atoms. The Morgan fingerprint density at radius 1 is 1.14 bits per heavy atom. The highest BCUT2D eigenvalue weighted by molar-refractivity contribution is 5.92. The highest BCUT2D eigenvalue weighted by Crippen LogP contribution is 2.34. The summed E-state index contributed by atoms with van der Waals surface area (Å²) in [5.41, 5.74) is 2.05. The lowest BCUT2D eigenvalue weighted by molar-refractivity contribution is -0.153. The van der Waals surface area contributed by atoms with Crippen LogP contribution in [0.4, 0.5) is 0 Å². The topological polar surface area (TPSA) is 112 Å². The zero-order chi connectivity index (χ0) is 27.2. The Morgan fingerprint density at radius 2 is 1.84 bits per heavy atom. The third-order valence-corrected chi connectivity index (χ3v) is 5.92. The van der Waals surface area contributed by atoms with Crippen LogP contribution in [0.5, 0.6) is 5.75 Å². The third kappa shape index (κ3) is 7.89. The van der Waals surface area contributed by atoms with Gasteiger partial charge in [-0.2, -0.15) is 0 Å². The van der Waals surface area contributed by atoms with Crippen LogP contribution in [0.25, 0.3) is 0 Å². The maximum Gasteiger partial charge on any atom is 0.339 e. The van der Waals surface area contributed by atoms with Crippen LogP contribution >= 0.6 is 0 Å². The Morgan fingerprint density at radius 3 is 2.49 bits per heavy atom. The number of ether oxygens (including phenoxy) is 4. The van der Waals surface area contributed by atoms with Crippen molar-refractivity contribution in [2.45, 2.75) is 77.7 Å². The van der Waals surface area contributed by atoms with Crippen molar-refractivity contribution in [2.24, 2.45) is 0 Å². The van der Waals surface area contributed by atoms with Crippen LogP contribution < -0.4 is 4.74 Å². The Hall–Kier alpha value is -3.20. The van der Waals surface area contributed by atoms with E-state index < -0.39 is 42.1 Å². The summed E-state index contributed by atoms with van der Waals surface area (Å²) in [4.78, 5) is 24.6. The van der Waals surface area contributed by atoms with Gasteiger partial charge in [0.05, 0.1) is 24.4 Å². The van der Waals surface area contributed by atoms with Gasteiger partial charge in [0.1, 0.15) is 23.5 Å². The molecule has 1 heterocycles. The number of hydrogen-bond acceptors (Lipinski definition) is 7. The average molecular weight is 513 g/mol. The van der Waals surface area contributed by atoms with Crippen LogP contribution in [0.3, 0.4) is 0 Å². The average Bonchev–Trinajstić information content (AvgIpc) is 3.12. The fourth-order valence-corrected chi connectivity index (χ4v) is 4.36. The van der Waals surface area contributed by atoms with Crippen molar-refractivity contribution in [2.75, 3.05) is 6.61 Å². The van der Waals surface area contributed by atoms with Crippen LogP contribution in [0, 0.1) is 13.8 Å². The number of aliphatic hydroxyl groups excluding tert-OH is 1. The number of benzene rings is 2. The molecule has 3 rings (SSSR count). The minimum absolute atomic E-state index is 0.127. The smallest absolute Gasteiger partial charge is 0.339 e. The molecule has 0 aromatic heterocycles. The van der Waals surface area contributed by atoms with E-state index in [1.54, 1.807) is 76.2 Å². The first-order chi connectivity index (χ1) is 17.5. The van der Waals surface area contributed by atoms with Crippen LogP contribution in [-0.4, -0.2) is 59.0 Å². The number of carbonyl (C=O) groups is 2. The summed E-state index contributed by atoms with van der Waals surface area (Å²) in [6.07, 6.45) is 1.74. The number of carboxylic acid groups (broad SMARTS) is 1. The summed E-state index contributed by atoms with van der Waals surface area (Å²) in [7, 11) is 0. The molecule has 37 heavy (non-hydrogen) atoms. The van der Waals surface area contributed by atoms with E-state index >= 15 is 0 Å². The van der Waals surface area contributed by atoms with Crippen molar-refractivity contribution in [1.29, 1.82) is 0 Å². The van der Waals surface area contributed by atoms with Gasteiger partial charge in [0, 0.05) is 6.42 Å². The van der Waals surface area contributed by atoms with Gasteiger partial charge in [-0.05, 0) is 76.4 Å². The molecule has 1 saturated heterocycles. The summed E-state index contributed by atoms with van der Waals surface area (Å²) in [5, 5.41) is 19.3. The molecule has 0 amide bonds. The first-order valence-corrected chi connectivity index (χ1v) is 12.4. The number of aromatic carboxylic acids is 1.